The molecule has 0 spiro atoms. The lowest BCUT2D eigenvalue weighted by Crippen LogP contribution is -2.43. The number of rotatable bonds is 2. The van der Waals surface area contributed by atoms with Crippen LogP contribution < -0.4 is 5.32 Å². The van der Waals surface area contributed by atoms with Crippen molar-refractivity contribution >= 4 is 18.3 Å². The molecule has 3 rings (SSSR count). The Morgan fingerprint density at radius 2 is 1.70 bits per heavy atom. The summed E-state index contributed by atoms with van der Waals surface area (Å²) in [5.41, 5.74) is 4.38. The minimum absolute atomic E-state index is 0. The number of nitrogens with zero attached hydrogens (tertiary/aromatic N) is 1. The highest BCUT2D eigenvalue weighted by molar-refractivity contribution is 5.97. The average molecular weight is 337 g/mol. The molecule has 0 aromatic heterocycles. The van der Waals surface area contributed by atoms with E-state index in [1.807, 2.05) is 0 Å². The van der Waals surface area contributed by atoms with E-state index in [1.54, 1.807) is 0 Å². The maximum absolute atomic E-state index is 12.9. The van der Waals surface area contributed by atoms with E-state index in [-0.39, 0.29) is 18.3 Å². The zero-order chi connectivity index (χ0) is 15.7. The lowest BCUT2D eigenvalue weighted by Gasteiger charge is -2.35. The molecule has 2 aliphatic heterocycles. The van der Waals surface area contributed by atoms with Crippen molar-refractivity contribution in [3.63, 3.8) is 0 Å². The van der Waals surface area contributed by atoms with Crippen LogP contribution >= 0.6 is 12.4 Å². The monoisotopic (exact) mass is 336 g/mol. The van der Waals surface area contributed by atoms with Crippen molar-refractivity contribution in [3.05, 3.63) is 34.4 Å². The summed E-state index contributed by atoms with van der Waals surface area (Å²) in [5, 5.41) is 3.62. The van der Waals surface area contributed by atoms with Gasteiger partial charge in [0, 0.05) is 24.7 Å². The Hall–Kier alpha value is -1.06. The van der Waals surface area contributed by atoms with Gasteiger partial charge in [0.05, 0.1) is 0 Å². The van der Waals surface area contributed by atoms with Gasteiger partial charge in [-0.25, -0.2) is 0 Å². The molecule has 2 saturated heterocycles. The van der Waals surface area contributed by atoms with E-state index in [4.69, 9.17) is 0 Å². The number of carbonyl (C=O) groups is 1. The van der Waals surface area contributed by atoms with Crippen LogP contribution in [0.4, 0.5) is 0 Å². The smallest absolute Gasteiger partial charge is 0.254 e. The first-order valence-corrected chi connectivity index (χ1v) is 8.67. The predicted molar refractivity (Wildman–Crippen MR) is 97.6 cm³/mol. The lowest BCUT2D eigenvalue weighted by atomic mass is 9.88. The molecule has 2 fully saturated rings. The summed E-state index contributed by atoms with van der Waals surface area (Å²) >= 11 is 0. The minimum atomic E-state index is 0. The molecular weight excluding hydrogens is 308 g/mol. The summed E-state index contributed by atoms with van der Waals surface area (Å²) in [6, 6.07) is 4.94. The van der Waals surface area contributed by atoms with Crippen molar-refractivity contribution in [2.45, 2.75) is 52.5 Å². The van der Waals surface area contributed by atoms with Gasteiger partial charge in [0.25, 0.3) is 5.91 Å². The van der Waals surface area contributed by atoms with Gasteiger partial charge in [0.1, 0.15) is 0 Å². The van der Waals surface area contributed by atoms with Gasteiger partial charge in [-0.05, 0) is 70.0 Å². The second kappa shape index (κ2) is 7.67. The van der Waals surface area contributed by atoms with Crippen molar-refractivity contribution in [3.8, 4) is 0 Å². The van der Waals surface area contributed by atoms with Gasteiger partial charge in [-0.1, -0.05) is 17.7 Å². The molecule has 0 radical (unpaired) electrons. The highest BCUT2D eigenvalue weighted by Gasteiger charge is 2.30. The molecule has 0 saturated carbocycles. The molecule has 2 heterocycles. The highest BCUT2D eigenvalue weighted by atomic mass is 35.5. The Morgan fingerprint density at radius 3 is 2.22 bits per heavy atom. The summed E-state index contributed by atoms with van der Waals surface area (Å²) in [4.78, 5) is 15.0. The maximum Gasteiger partial charge on any atom is 0.254 e. The topological polar surface area (TPSA) is 32.3 Å². The number of likely N-dealkylation sites (tertiary alicyclic amines) is 1. The first-order chi connectivity index (χ1) is 10.6. The molecule has 1 unspecified atom stereocenters. The third kappa shape index (κ3) is 3.89. The van der Waals surface area contributed by atoms with Gasteiger partial charge < -0.3 is 10.2 Å². The summed E-state index contributed by atoms with van der Waals surface area (Å²) in [6.45, 7) is 9.20. The van der Waals surface area contributed by atoms with Crippen LogP contribution in [0.15, 0.2) is 12.1 Å². The van der Waals surface area contributed by atoms with Crippen molar-refractivity contribution in [2.75, 3.05) is 19.6 Å². The molecule has 1 N–H and O–H groups in total. The highest BCUT2D eigenvalue weighted by Crippen LogP contribution is 2.27. The van der Waals surface area contributed by atoms with Gasteiger partial charge in [-0.15, -0.1) is 12.4 Å². The maximum atomic E-state index is 12.9. The van der Waals surface area contributed by atoms with E-state index >= 15 is 0 Å². The van der Waals surface area contributed by atoms with E-state index in [0.717, 1.165) is 48.5 Å². The Labute approximate surface area is 146 Å². The number of nitrogens with one attached hydrogen (secondary N) is 1. The first-order valence-electron chi connectivity index (χ1n) is 8.67. The number of hydrogen-bond donors (Lipinski definition) is 1. The molecule has 1 atom stereocenters. The SMILES string of the molecule is Cc1cc(C)c(C(=O)N2CCC(C3CCCN3)CC2)c(C)c1.Cl. The zero-order valence-electron chi connectivity index (χ0n) is 14.5. The van der Waals surface area contributed by atoms with Crippen LogP contribution in [-0.4, -0.2) is 36.5 Å². The second-order valence-corrected chi connectivity index (χ2v) is 7.11. The van der Waals surface area contributed by atoms with Crippen LogP contribution in [-0.2, 0) is 0 Å². The summed E-state index contributed by atoms with van der Waals surface area (Å²) in [7, 11) is 0. The van der Waals surface area contributed by atoms with Gasteiger partial charge in [0.2, 0.25) is 0 Å². The fraction of sp³-hybridized carbons (Fsp3) is 0.632. The number of carbonyl (C=O) groups excluding carboxylic acids is 1. The zero-order valence-corrected chi connectivity index (χ0v) is 15.3. The summed E-state index contributed by atoms with van der Waals surface area (Å²) in [5.74, 6) is 0.986. The molecule has 0 aliphatic carbocycles. The number of hydrogen-bond acceptors (Lipinski definition) is 2. The fourth-order valence-electron chi connectivity index (χ4n) is 4.29. The lowest BCUT2D eigenvalue weighted by molar-refractivity contribution is 0.0673. The number of benzene rings is 1. The Bertz CT molecular complexity index is 535. The minimum Gasteiger partial charge on any atom is -0.339 e. The number of halogens is 1. The first kappa shape index (κ1) is 18.3. The molecule has 4 heteroatoms. The molecule has 2 aliphatic rings. The van der Waals surface area contributed by atoms with E-state index in [1.165, 1.54) is 24.9 Å². The van der Waals surface area contributed by atoms with Crippen LogP contribution in [0, 0.1) is 26.7 Å². The summed E-state index contributed by atoms with van der Waals surface area (Å²) < 4.78 is 0. The molecule has 128 valence electrons. The van der Waals surface area contributed by atoms with Gasteiger partial charge in [-0.3, -0.25) is 4.79 Å². The van der Waals surface area contributed by atoms with Crippen LogP contribution in [0.2, 0.25) is 0 Å². The molecule has 1 aromatic rings. The predicted octanol–water partition coefficient (Wildman–Crippen LogP) is 3.64. The standard InChI is InChI=1S/C19H28N2O.ClH/c1-13-11-14(2)18(15(3)12-13)19(22)21-9-6-16(7-10-21)17-5-4-8-20-17;/h11-12,16-17,20H,4-10H2,1-3H3;1H. The third-order valence-corrected chi connectivity index (χ3v) is 5.39. The van der Waals surface area contributed by atoms with Gasteiger partial charge >= 0.3 is 0 Å². The van der Waals surface area contributed by atoms with E-state index < -0.39 is 0 Å². The molecule has 0 bridgehead atoms. The normalized spacial score (nSPS) is 22.0. The fourth-order valence-corrected chi connectivity index (χ4v) is 4.29. The third-order valence-electron chi connectivity index (χ3n) is 5.39. The number of piperidine rings is 1. The molecule has 3 nitrogen and oxygen atoms in total. The van der Waals surface area contributed by atoms with Crippen LogP contribution in [0.5, 0.6) is 0 Å². The second-order valence-electron chi connectivity index (χ2n) is 7.11. The quantitative estimate of drug-likeness (QED) is 0.894. The van der Waals surface area contributed by atoms with E-state index in [2.05, 4.69) is 43.1 Å². The van der Waals surface area contributed by atoms with Gasteiger partial charge in [0.15, 0.2) is 0 Å². The number of amides is 1. The van der Waals surface area contributed by atoms with Crippen LogP contribution in [0.25, 0.3) is 0 Å². The van der Waals surface area contributed by atoms with E-state index in [0.29, 0.717) is 6.04 Å². The van der Waals surface area contributed by atoms with Crippen molar-refractivity contribution < 1.29 is 4.79 Å². The average Bonchev–Trinajstić information content (AvgIpc) is 3.00. The Balaban J connectivity index is 0.00000192. The molecule has 1 amide bonds. The van der Waals surface area contributed by atoms with Crippen LogP contribution in [0.3, 0.4) is 0 Å². The molecular formula is C19H29ClN2O. The summed E-state index contributed by atoms with van der Waals surface area (Å²) in [6.07, 6.45) is 4.92. The van der Waals surface area contributed by atoms with Gasteiger partial charge in [-0.2, -0.15) is 0 Å². The van der Waals surface area contributed by atoms with E-state index in [9.17, 15) is 4.79 Å². The van der Waals surface area contributed by atoms with Crippen molar-refractivity contribution in [1.29, 1.82) is 0 Å². The van der Waals surface area contributed by atoms with Crippen molar-refractivity contribution in [1.82, 2.24) is 10.2 Å². The Morgan fingerprint density at radius 1 is 1.09 bits per heavy atom. The van der Waals surface area contributed by atoms with Crippen molar-refractivity contribution in [2.24, 2.45) is 5.92 Å². The number of aryl methyl sites for hydroxylation is 3. The molecule has 1 aromatic carbocycles. The Kier molecular flexibility index (Phi) is 6.10. The van der Waals surface area contributed by atoms with Crippen LogP contribution in [0.1, 0.15) is 52.7 Å². The molecule has 23 heavy (non-hydrogen) atoms. The largest absolute Gasteiger partial charge is 0.339 e.